The number of carbonyl (C=O) groups is 1. The van der Waals surface area contributed by atoms with Gasteiger partial charge < -0.3 is 29.6 Å². The van der Waals surface area contributed by atoms with Gasteiger partial charge in [-0.3, -0.25) is 4.79 Å². The average Bonchev–Trinajstić information content (AvgIpc) is 3.45. The lowest BCUT2D eigenvalue weighted by molar-refractivity contribution is -0.286. The molecule has 0 spiro atoms. The summed E-state index contributed by atoms with van der Waals surface area (Å²) in [4.78, 5) is 13.3. The fraction of sp³-hybridized carbons (Fsp3) is 0.423. The topological polar surface area (TPSA) is 93.0 Å². The quantitative estimate of drug-likeness (QED) is 0.442. The number of hydrogen-bond acceptors (Lipinski definition) is 5. The molecule has 2 heterocycles. The van der Waals surface area contributed by atoms with Gasteiger partial charge in [-0.05, 0) is 61.2 Å². The van der Waals surface area contributed by atoms with Crippen molar-refractivity contribution in [1.82, 2.24) is 4.57 Å². The molecule has 3 aromatic rings. The Morgan fingerprint density at radius 2 is 1.83 bits per heavy atom. The molecule has 186 valence electrons. The highest BCUT2D eigenvalue weighted by Crippen LogP contribution is 2.52. The number of halogens is 2. The summed E-state index contributed by atoms with van der Waals surface area (Å²) >= 11 is 0. The van der Waals surface area contributed by atoms with Gasteiger partial charge in [0.2, 0.25) is 5.91 Å². The number of fused-ring (bicyclic) bond motifs is 2. The van der Waals surface area contributed by atoms with E-state index in [1.807, 2.05) is 38.1 Å². The van der Waals surface area contributed by atoms with E-state index >= 15 is 0 Å². The number of aliphatic hydroxyl groups excluding tert-OH is 2. The van der Waals surface area contributed by atoms with Crippen molar-refractivity contribution in [3.63, 3.8) is 0 Å². The van der Waals surface area contributed by atoms with E-state index in [0.717, 1.165) is 16.6 Å². The van der Waals surface area contributed by atoms with Crippen LogP contribution in [0.1, 0.15) is 44.4 Å². The van der Waals surface area contributed by atoms with Gasteiger partial charge in [0.05, 0.1) is 12.0 Å². The number of ether oxygens (including phenoxy) is 2. The molecular formula is C26H28F2N2O5. The monoisotopic (exact) mass is 486 g/mol. The number of hydrogen-bond donors (Lipinski definition) is 3. The molecular weight excluding hydrogens is 458 g/mol. The van der Waals surface area contributed by atoms with E-state index in [4.69, 9.17) is 0 Å². The lowest BCUT2D eigenvalue weighted by atomic mass is 9.90. The Hall–Kier alpha value is -3.17. The molecule has 2 aromatic carbocycles. The van der Waals surface area contributed by atoms with Crippen LogP contribution in [0, 0.1) is 0 Å². The highest BCUT2D eigenvalue weighted by molar-refractivity contribution is 6.02. The number of aliphatic hydroxyl groups is 2. The van der Waals surface area contributed by atoms with Crippen LogP contribution in [0.15, 0.2) is 42.5 Å². The summed E-state index contributed by atoms with van der Waals surface area (Å²) < 4.78 is 37.9. The Morgan fingerprint density at radius 3 is 2.51 bits per heavy atom. The fourth-order valence-electron chi connectivity index (χ4n) is 4.73. The number of benzene rings is 2. The zero-order chi connectivity index (χ0) is 25.0. The van der Waals surface area contributed by atoms with Crippen LogP contribution in [0.2, 0.25) is 0 Å². The maximum Gasteiger partial charge on any atom is 0.586 e. The van der Waals surface area contributed by atoms with Crippen LogP contribution in [0.3, 0.4) is 0 Å². The number of aromatic nitrogens is 1. The molecule has 1 amide bonds. The molecule has 1 fully saturated rings. The predicted octanol–water partition coefficient (Wildman–Crippen LogP) is 4.29. The molecule has 0 unspecified atom stereocenters. The van der Waals surface area contributed by atoms with Crippen molar-refractivity contribution in [2.75, 3.05) is 18.5 Å². The standard InChI is InChI=1S/C26H28F2N2O5/c1-24(2,15-32)22-13-16-12-18(5-6-19(16)30(22)10-3-11-31)29-23(33)25(8-9-25)17-4-7-20-21(14-17)35-26(27,28)34-20/h4-7,12-14,31-32H,3,8-11,15H2,1-2H3,(H,29,33). The van der Waals surface area contributed by atoms with Crippen molar-refractivity contribution in [2.45, 2.75) is 56.8 Å². The molecule has 1 aliphatic heterocycles. The minimum absolute atomic E-state index is 0.0317. The van der Waals surface area contributed by atoms with Crippen LogP contribution in [-0.2, 0) is 22.2 Å². The molecule has 1 saturated carbocycles. The van der Waals surface area contributed by atoms with E-state index in [1.165, 1.54) is 12.1 Å². The number of alkyl halides is 2. The molecule has 5 rings (SSSR count). The second-order valence-electron chi connectivity index (χ2n) is 9.94. The van der Waals surface area contributed by atoms with Gasteiger partial charge in [0.1, 0.15) is 0 Å². The van der Waals surface area contributed by atoms with E-state index in [-0.39, 0.29) is 30.6 Å². The first kappa shape index (κ1) is 23.6. The van der Waals surface area contributed by atoms with Crippen LogP contribution in [0.5, 0.6) is 11.5 Å². The van der Waals surface area contributed by atoms with Gasteiger partial charge >= 0.3 is 6.29 Å². The average molecular weight is 487 g/mol. The minimum atomic E-state index is -3.70. The molecule has 1 aliphatic carbocycles. The number of amides is 1. The minimum Gasteiger partial charge on any atom is -0.396 e. The van der Waals surface area contributed by atoms with Crippen molar-refractivity contribution < 1.29 is 33.3 Å². The van der Waals surface area contributed by atoms with E-state index in [0.29, 0.717) is 37.1 Å². The molecule has 3 N–H and O–H groups in total. The van der Waals surface area contributed by atoms with Gasteiger partial charge in [0.15, 0.2) is 11.5 Å². The van der Waals surface area contributed by atoms with Crippen LogP contribution >= 0.6 is 0 Å². The number of rotatable bonds is 8. The first-order chi connectivity index (χ1) is 16.6. The van der Waals surface area contributed by atoms with Crippen molar-refractivity contribution >= 4 is 22.5 Å². The summed E-state index contributed by atoms with van der Waals surface area (Å²) in [6, 6.07) is 12.1. The first-order valence-electron chi connectivity index (χ1n) is 11.7. The Labute approximate surface area is 201 Å². The molecule has 35 heavy (non-hydrogen) atoms. The summed E-state index contributed by atoms with van der Waals surface area (Å²) in [5.41, 5.74) is 1.84. The number of nitrogens with zero attached hydrogens (tertiary/aromatic N) is 1. The second-order valence-corrected chi connectivity index (χ2v) is 9.94. The molecule has 9 heteroatoms. The second kappa shape index (κ2) is 8.20. The normalized spacial score (nSPS) is 17.5. The summed E-state index contributed by atoms with van der Waals surface area (Å²) in [6.07, 6.45) is -1.92. The van der Waals surface area contributed by atoms with Crippen molar-refractivity contribution in [3.8, 4) is 11.5 Å². The van der Waals surface area contributed by atoms with Gasteiger partial charge in [0.25, 0.3) is 0 Å². The highest BCUT2D eigenvalue weighted by atomic mass is 19.3. The third kappa shape index (κ3) is 4.12. The van der Waals surface area contributed by atoms with Crippen molar-refractivity contribution in [1.29, 1.82) is 0 Å². The fourth-order valence-corrected chi connectivity index (χ4v) is 4.73. The lowest BCUT2D eigenvalue weighted by Gasteiger charge is -2.24. The molecule has 7 nitrogen and oxygen atoms in total. The third-order valence-corrected chi connectivity index (χ3v) is 6.93. The zero-order valence-electron chi connectivity index (χ0n) is 19.6. The Kier molecular flexibility index (Phi) is 5.52. The van der Waals surface area contributed by atoms with Crippen LogP contribution in [0.25, 0.3) is 10.9 Å². The van der Waals surface area contributed by atoms with E-state index in [1.54, 1.807) is 6.07 Å². The van der Waals surface area contributed by atoms with E-state index < -0.39 is 17.1 Å². The maximum atomic E-state index is 13.4. The van der Waals surface area contributed by atoms with Crippen LogP contribution in [-0.4, -0.2) is 40.2 Å². The summed E-state index contributed by atoms with van der Waals surface area (Å²) in [5.74, 6) is -0.331. The van der Waals surface area contributed by atoms with Crippen molar-refractivity contribution in [3.05, 3.63) is 53.7 Å². The molecule has 2 aliphatic rings. The zero-order valence-corrected chi connectivity index (χ0v) is 19.6. The van der Waals surface area contributed by atoms with Gasteiger partial charge in [-0.1, -0.05) is 19.9 Å². The first-order valence-corrected chi connectivity index (χ1v) is 11.7. The number of carbonyl (C=O) groups excluding carboxylic acids is 1. The van der Waals surface area contributed by atoms with Gasteiger partial charge in [-0.25, -0.2) is 0 Å². The van der Waals surface area contributed by atoms with E-state index in [9.17, 15) is 23.8 Å². The molecule has 0 radical (unpaired) electrons. The molecule has 0 atom stereocenters. The van der Waals surface area contributed by atoms with Gasteiger partial charge in [0, 0.05) is 40.9 Å². The predicted molar refractivity (Wildman–Crippen MR) is 126 cm³/mol. The van der Waals surface area contributed by atoms with Crippen molar-refractivity contribution in [2.24, 2.45) is 0 Å². The number of nitrogens with one attached hydrogen (secondary N) is 1. The molecule has 1 aromatic heterocycles. The summed E-state index contributed by atoms with van der Waals surface area (Å²) in [6.45, 7) is 4.55. The maximum absolute atomic E-state index is 13.4. The third-order valence-electron chi connectivity index (χ3n) is 6.93. The Bertz CT molecular complexity index is 1300. The molecule has 0 saturated heterocycles. The SMILES string of the molecule is CC(C)(CO)c1cc2cc(NC(=O)C3(c4ccc5c(c4)OC(F)(F)O5)CC3)ccc2n1CCCO. The Morgan fingerprint density at radius 1 is 1.09 bits per heavy atom. The summed E-state index contributed by atoms with van der Waals surface area (Å²) in [7, 11) is 0. The molecule has 0 bridgehead atoms. The number of anilines is 1. The Balaban J connectivity index is 1.41. The largest absolute Gasteiger partial charge is 0.586 e. The van der Waals surface area contributed by atoms with Crippen LogP contribution in [0.4, 0.5) is 14.5 Å². The van der Waals surface area contributed by atoms with E-state index in [2.05, 4.69) is 19.4 Å². The number of aryl methyl sites for hydroxylation is 1. The van der Waals surface area contributed by atoms with Gasteiger partial charge in [-0.15, -0.1) is 8.78 Å². The van der Waals surface area contributed by atoms with Crippen LogP contribution < -0.4 is 14.8 Å². The van der Waals surface area contributed by atoms with Gasteiger partial charge in [-0.2, -0.15) is 0 Å². The lowest BCUT2D eigenvalue weighted by Crippen LogP contribution is -2.27. The highest BCUT2D eigenvalue weighted by Gasteiger charge is 2.52. The summed E-state index contributed by atoms with van der Waals surface area (Å²) in [5, 5.41) is 23.1. The smallest absolute Gasteiger partial charge is 0.396 e.